The van der Waals surface area contributed by atoms with Crippen LogP contribution in [-0.4, -0.2) is 6.61 Å². The first kappa shape index (κ1) is 20.6. The van der Waals surface area contributed by atoms with Gasteiger partial charge in [0, 0.05) is 5.30 Å². The number of hydrogen-bond acceptors (Lipinski definition) is 1. The molecule has 1 nitrogen and oxygen atoms in total. The molecule has 2 aliphatic rings. The summed E-state index contributed by atoms with van der Waals surface area (Å²) < 4.78 is 5.75. The van der Waals surface area contributed by atoms with Crippen molar-refractivity contribution in [3.05, 3.63) is 17.7 Å². The monoisotopic (exact) mass is 392 g/mol. The zero-order valence-corrected chi connectivity index (χ0v) is 19.1. The standard InChI is InChI=1S/C23H38OP2/c1-3-5-16-6-8-17(9-7-16)18-10-12-19(13-11-18)20-14-15-21(24-4-2)23(26)22(20)25/h14-19H,3-13,25-26H2,1-2H3. The minimum Gasteiger partial charge on any atom is -0.493 e. The lowest BCUT2D eigenvalue weighted by molar-refractivity contribution is 0.156. The Morgan fingerprint density at radius 3 is 2.04 bits per heavy atom. The zero-order chi connectivity index (χ0) is 18.5. The molecular weight excluding hydrogens is 354 g/mol. The van der Waals surface area contributed by atoms with Gasteiger partial charge in [0.2, 0.25) is 0 Å². The second-order valence-electron chi connectivity index (χ2n) is 8.59. The van der Waals surface area contributed by atoms with Gasteiger partial charge < -0.3 is 4.74 Å². The first-order valence-electron chi connectivity index (χ1n) is 10.9. The molecule has 1 aromatic carbocycles. The lowest BCUT2D eigenvalue weighted by Crippen LogP contribution is -2.27. The third-order valence-electron chi connectivity index (χ3n) is 7.05. The molecule has 146 valence electrons. The van der Waals surface area contributed by atoms with Crippen molar-refractivity contribution in [2.75, 3.05) is 6.61 Å². The fraction of sp³-hybridized carbons (Fsp3) is 0.739. The van der Waals surface area contributed by atoms with E-state index in [1.165, 1.54) is 80.4 Å². The highest BCUT2D eigenvalue weighted by Crippen LogP contribution is 2.44. The van der Waals surface area contributed by atoms with Gasteiger partial charge in [0.15, 0.2) is 0 Å². The van der Waals surface area contributed by atoms with E-state index in [4.69, 9.17) is 4.74 Å². The third kappa shape index (κ3) is 4.83. The average Bonchev–Trinajstić information content (AvgIpc) is 2.67. The zero-order valence-electron chi connectivity index (χ0n) is 16.8. The van der Waals surface area contributed by atoms with Gasteiger partial charge >= 0.3 is 0 Å². The molecule has 0 aliphatic heterocycles. The number of ether oxygens (including phenoxy) is 1. The lowest BCUT2D eigenvalue weighted by atomic mass is 9.68. The van der Waals surface area contributed by atoms with E-state index in [1.54, 1.807) is 0 Å². The normalized spacial score (nSPS) is 29.5. The molecule has 26 heavy (non-hydrogen) atoms. The summed E-state index contributed by atoms with van der Waals surface area (Å²) in [6.07, 6.45) is 14.5. The van der Waals surface area contributed by atoms with Gasteiger partial charge in [0.1, 0.15) is 5.75 Å². The first-order chi connectivity index (χ1) is 12.6. The van der Waals surface area contributed by atoms with Crippen molar-refractivity contribution in [3.63, 3.8) is 0 Å². The van der Waals surface area contributed by atoms with Gasteiger partial charge in [-0.1, -0.05) is 38.7 Å². The van der Waals surface area contributed by atoms with Gasteiger partial charge in [0.25, 0.3) is 0 Å². The van der Waals surface area contributed by atoms with Crippen molar-refractivity contribution in [1.29, 1.82) is 0 Å². The van der Waals surface area contributed by atoms with Crippen LogP contribution in [0.25, 0.3) is 0 Å². The van der Waals surface area contributed by atoms with Crippen LogP contribution in [0.2, 0.25) is 0 Å². The molecule has 1 aromatic rings. The predicted molar refractivity (Wildman–Crippen MR) is 121 cm³/mol. The minimum absolute atomic E-state index is 0.733. The van der Waals surface area contributed by atoms with Crippen LogP contribution in [0.3, 0.4) is 0 Å². The van der Waals surface area contributed by atoms with Crippen molar-refractivity contribution in [2.24, 2.45) is 17.8 Å². The second kappa shape index (κ2) is 9.89. The molecular formula is C23H38OP2. The summed E-state index contributed by atoms with van der Waals surface area (Å²) >= 11 is 0. The Balaban J connectivity index is 1.55. The minimum atomic E-state index is 0.733. The van der Waals surface area contributed by atoms with Gasteiger partial charge in [-0.25, -0.2) is 0 Å². The van der Waals surface area contributed by atoms with Gasteiger partial charge in [-0.15, -0.1) is 18.5 Å². The van der Waals surface area contributed by atoms with E-state index in [0.29, 0.717) is 0 Å². The largest absolute Gasteiger partial charge is 0.493 e. The maximum absolute atomic E-state index is 5.75. The topological polar surface area (TPSA) is 9.23 Å². The van der Waals surface area contributed by atoms with Crippen LogP contribution in [0, 0.1) is 17.8 Å². The molecule has 0 amide bonds. The quantitative estimate of drug-likeness (QED) is 0.542. The highest BCUT2D eigenvalue weighted by molar-refractivity contribution is 7.36. The highest BCUT2D eigenvalue weighted by Gasteiger charge is 2.31. The maximum atomic E-state index is 5.75. The third-order valence-corrected chi connectivity index (χ3v) is 8.62. The second-order valence-corrected chi connectivity index (χ2v) is 9.75. The molecule has 0 bridgehead atoms. The number of hydrogen-bond donors (Lipinski definition) is 0. The summed E-state index contributed by atoms with van der Waals surface area (Å²) in [7, 11) is 5.87. The van der Waals surface area contributed by atoms with Crippen molar-refractivity contribution >= 4 is 29.1 Å². The van der Waals surface area contributed by atoms with E-state index in [2.05, 4.69) is 44.5 Å². The van der Waals surface area contributed by atoms with Crippen LogP contribution >= 0.6 is 18.5 Å². The Morgan fingerprint density at radius 1 is 0.846 bits per heavy atom. The Kier molecular flexibility index (Phi) is 7.84. The summed E-state index contributed by atoms with van der Waals surface area (Å²) in [5, 5.41) is 2.58. The van der Waals surface area contributed by atoms with E-state index in [9.17, 15) is 0 Å². The molecule has 0 aromatic heterocycles. The fourth-order valence-electron chi connectivity index (χ4n) is 5.53. The molecule has 2 fully saturated rings. The number of benzene rings is 1. The van der Waals surface area contributed by atoms with Gasteiger partial charge in [-0.05, 0) is 86.1 Å². The molecule has 2 unspecified atom stereocenters. The van der Waals surface area contributed by atoms with Crippen molar-refractivity contribution in [1.82, 2.24) is 0 Å². The van der Waals surface area contributed by atoms with Crippen LogP contribution in [0.1, 0.15) is 89.5 Å². The molecule has 2 aliphatic carbocycles. The molecule has 3 heteroatoms. The fourth-order valence-corrected chi connectivity index (χ4v) is 6.35. The summed E-state index contributed by atoms with van der Waals surface area (Å²) in [5.41, 5.74) is 1.54. The summed E-state index contributed by atoms with van der Waals surface area (Å²) in [6, 6.07) is 4.50. The first-order valence-corrected chi connectivity index (χ1v) is 12.1. The molecule has 0 heterocycles. The molecule has 0 N–H and O–H groups in total. The molecule has 0 radical (unpaired) electrons. The van der Waals surface area contributed by atoms with E-state index < -0.39 is 0 Å². The van der Waals surface area contributed by atoms with E-state index in [0.717, 1.165) is 36.0 Å². The van der Waals surface area contributed by atoms with E-state index >= 15 is 0 Å². The lowest BCUT2D eigenvalue weighted by Gasteiger charge is -2.38. The van der Waals surface area contributed by atoms with Gasteiger partial charge in [0.05, 0.1) is 6.61 Å². The van der Waals surface area contributed by atoms with Gasteiger partial charge in [-0.2, -0.15) is 0 Å². The van der Waals surface area contributed by atoms with E-state index in [-0.39, 0.29) is 0 Å². The summed E-state index contributed by atoms with van der Waals surface area (Å²) in [4.78, 5) is 0. The highest BCUT2D eigenvalue weighted by atomic mass is 31.0. The van der Waals surface area contributed by atoms with Crippen molar-refractivity contribution in [3.8, 4) is 5.75 Å². The smallest absolute Gasteiger partial charge is 0.127 e. The summed E-state index contributed by atoms with van der Waals surface area (Å²) in [5.74, 6) is 4.82. The van der Waals surface area contributed by atoms with Crippen molar-refractivity contribution in [2.45, 2.75) is 84.0 Å². The Bertz CT molecular complexity index is 570. The molecule has 0 saturated heterocycles. The van der Waals surface area contributed by atoms with Gasteiger partial charge in [-0.3, -0.25) is 0 Å². The Morgan fingerprint density at radius 2 is 1.46 bits per heavy atom. The van der Waals surface area contributed by atoms with Crippen LogP contribution < -0.4 is 15.3 Å². The average molecular weight is 393 g/mol. The predicted octanol–water partition coefficient (Wildman–Crippen LogP) is 5.97. The summed E-state index contributed by atoms with van der Waals surface area (Å²) in [6.45, 7) is 5.13. The van der Waals surface area contributed by atoms with Crippen molar-refractivity contribution < 1.29 is 4.74 Å². The molecule has 2 saturated carbocycles. The van der Waals surface area contributed by atoms with Crippen LogP contribution in [0.5, 0.6) is 5.75 Å². The maximum Gasteiger partial charge on any atom is 0.127 e. The molecule has 0 spiro atoms. The Labute approximate surface area is 165 Å². The van der Waals surface area contributed by atoms with Crippen LogP contribution in [0.4, 0.5) is 0 Å². The van der Waals surface area contributed by atoms with Crippen LogP contribution in [0.15, 0.2) is 12.1 Å². The van der Waals surface area contributed by atoms with Crippen LogP contribution in [-0.2, 0) is 0 Å². The molecule has 2 atom stereocenters. The molecule has 3 rings (SSSR count). The van der Waals surface area contributed by atoms with E-state index in [1.807, 2.05) is 0 Å². The number of rotatable bonds is 6. The SMILES string of the molecule is CCCC1CCC(C2CCC(c3ccc(OCC)c(P)c3P)CC2)CC1. The Hall–Kier alpha value is -0.120.